The molecule has 1 aromatic carbocycles. The van der Waals surface area contributed by atoms with Crippen molar-refractivity contribution in [3.8, 4) is 6.07 Å². The van der Waals surface area contributed by atoms with Crippen LogP contribution in [-0.2, 0) is 22.4 Å². The lowest BCUT2D eigenvalue weighted by Gasteiger charge is -2.21. The first-order chi connectivity index (χ1) is 9.30. The van der Waals surface area contributed by atoms with Gasteiger partial charge in [-0.3, -0.25) is 4.90 Å². The van der Waals surface area contributed by atoms with Crippen molar-refractivity contribution in [2.24, 2.45) is 0 Å². The van der Waals surface area contributed by atoms with Crippen LogP contribution in [0.3, 0.4) is 0 Å². The Bertz CT molecular complexity index is 393. The Morgan fingerprint density at radius 3 is 2.32 bits per heavy atom. The summed E-state index contributed by atoms with van der Waals surface area (Å²) >= 11 is 0. The Morgan fingerprint density at radius 2 is 1.74 bits per heavy atom. The van der Waals surface area contributed by atoms with Crippen LogP contribution in [0.5, 0.6) is 0 Å². The minimum absolute atomic E-state index is 0.462. The van der Waals surface area contributed by atoms with Crippen LogP contribution in [0, 0.1) is 11.3 Å². The van der Waals surface area contributed by atoms with Gasteiger partial charge in [-0.05, 0) is 11.1 Å². The van der Waals surface area contributed by atoms with E-state index in [1.54, 1.807) is 14.2 Å². The first-order valence-corrected chi connectivity index (χ1v) is 6.45. The molecule has 0 atom stereocenters. The van der Waals surface area contributed by atoms with Gasteiger partial charge in [0, 0.05) is 33.9 Å². The van der Waals surface area contributed by atoms with Crippen molar-refractivity contribution >= 4 is 0 Å². The lowest BCUT2D eigenvalue weighted by molar-refractivity contribution is 0.110. The van der Waals surface area contributed by atoms with Crippen LogP contribution < -0.4 is 0 Å². The fourth-order valence-electron chi connectivity index (χ4n) is 1.90. The Kier molecular flexibility index (Phi) is 7.83. The van der Waals surface area contributed by atoms with Gasteiger partial charge in [-0.25, -0.2) is 0 Å². The van der Waals surface area contributed by atoms with Crippen LogP contribution in [0.25, 0.3) is 0 Å². The highest BCUT2D eigenvalue weighted by Crippen LogP contribution is 2.09. The van der Waals surface area contributed by atoms with Crippen LogP contribution in [0.2, 0.25) is 0 Å². The topological polar surface area (TPSA) is 45.5 Å². The number of benzene rings is 1. The monoisotopic (exact) mass is 262 g/mol. The quantitative estimate of drug-likeness (QED) is 0.681. The van der Waals surface area contributed by atoms with Crippen molar-refractivity contribution < 1.29 is 9.47 Å². The highest BCUT2D eigenvalue weighted by Gasteiger charge is 2.06. The highest BCUT2D eigenvalue weighted by molar-refractivity contribution is 5.25. The van der Waals surface area contributed by atoms with E-state index in [2.05, 4.69) is 23.1 Å². The number of hydrogen-bond acceptors (Lipinski definition) is 4. The van der Waals surface area contributed by atoms with Crippen LogP contribution in [0.15, 0.2) is 24.3 Å². The molecule has 0 saturated heterocycles. The molecule has 19 heavy (non-hydrogen) atoms. The molecule has 0 fully saturated rings. The van der Waals surface area contributed by atoms with E-state index in [0.717, 1.165) is 25.2 Å². The second kappa shape index (κ2) is 9.51. The number of methoxy groups -OCH3 is 2. The summed E-state index contributed by atoms with van der Waals surface area (Å²) in [7, 11) is 3.42. The largest absolute Gasteiger partial charge is 0.383 e. The average molecular weight is 262 g/mol. The zero-order chi connectivity index (χ0) is 13.9. The highest BCUT2D eigenvalue weighted by atomic mass is 16.5. The molecule has 4 heteroatoms. The zero-order valence-corrected chi connectivity index (χ0v) is 11.8. The molecule has 0 aliphatic heterocycles. The molecular formula is C15H22N2O2. The van der Waals surface area contributed by atoms with Crippen LogP contribution in [-0.4, -0.2) is 45.4 Å². The molecule has 0 aliphatic carbocycles. The molecule has 0 saturated carbocycles. The van der Waals surface area contributed by atoms with E-state index >= 15 is 0 Å². The molecule has 0 spiro atoms. The van der Waals surface area contributed by atoms with E-state index in [4.69, 9.17) is 14.7 Å². The van der Waals surface area contributed by atoms with E-state index in [1.807, 2.05) is 12.1 Å². The van der Waals surface area contributed by atoms with E-state index < -0.39 is 0 Å². The van der Waals surface area contributed by atoms with Crippen molar-refractivity contribution in [1.82, 2.24) is 4.90 Å². The van der Waals surface area contributed by atoms with Gasteiger partial charge in [0.1, 0.15) is 0 Å². The van der Waals surface area contributed by atoms with Gasteiger partial charge in [0.15, 0.2) is 0 Å². The van der Waals surface area contributed by atoms with Gasteiger partial charge < -0.3 is 9.47 Å². The minimum Gasteiger partial charge on any atom is -0.383 e. The molecule has 0 aliphatic rings. The lowest BCUT2D eigenvalue weighted by atomic mass is 10.1. The SMILES string of the molecule is COCCN(CCOC)Cc1cccc(CC#N)c1. The van der Waals surface area contributed by atoms with Crippen molar-refractivity contribution in [2.75, 3.05) is 40.5 Å². The van der Waals surface area contributed by atoms with Crippen LogP contribution >= 0.6 is 0 Å². The molecule has 0 unspecified atom stereocenters. The van der Waals surface area contributed by atoms with E-state index in [9.17, 15) is 0 Å². The van der Waals surface area contributed by atoms with Crippen molar-refractivity contribution in [3.05, 3.63) is 35.4 Å². The van der Waals surface area contributed by atoms with Gasteiger partial charge in [0.2, 0.25) is 0 Å². The number of nitriles is 1. The smallest absolute Gasteiger partial charge is 0.0669 e. The normalized spacial score (nSPS) is 10.6. The summed E-state index contributed by atoms with van der Waals surface area (Å²) < 4.78 is 10.3. The van der Waals surface area contributed by atoms with E-state index in [0.29, 0.717) is 19.6 Å². The second-order valence-electron chi connectivity index (χ2n) is 4.42. The van der Waals surface area contributed by atoms with Crippen LogP contribution in [0.1, 0.15) is 11.1 Å². The number of ether oxygens (including phenoxy) is 2. The van der Waals surface area contributed by atoms with Crippen LogP contribution in [0.4, 0.5) is 0 Å². The summed E-state index contributed by atoms with van der Waals surface area (Å²) in [4.78, 5) is 2.29. The lowest BCUT2D eigenvalue weighted by Crippen LogP contribution is -2.30. The van der Waals surface area contributed by atoms with Gasteiger partial charge in [0.25, 0.3) is 0 Å². The van der Waals surface area contributed by atoms with Gasteiger partial charge in [-0.2, -0.15) is 5.26 Å². The first kappa shape index (κ1) is 15.6. The van der Waals surface area contributed by atoms with Gasteiger partial charge in [-0.15, -0.1) is 0 Å². The Morgan fingerprint density at radius 1 is 1.11 bits per heavy atom. The summed E-state index contributed by atoms with van der Waals surface area (Å²) in [6, 6.07) is 10.4. The number of rotatable bonds is 9. The summed E-state index contributed by atoms with van der Waals surface area (Å²) in [6.07, 6.45) is 0.462. The third kappa shape index (κ3) is 6.35. The molecule has 0 amide bonds. The second-order valence-corrected chi connectivity index (χ2v) is 4.42. The fraction of sp³-hybridized carbons (Fsp3) is 0.533. The first-order valence-electron chi connectivity index (χ1n) is 6.45. The van der Waals surface area contributed by atoms with Gasteiger partial charge in [-0.1, -0.05) is 24.3 Å². The summed E-state index contributed by atoms with van der Waals surface area (Å²) in [5.41, 5.74) is 2.29. The molecule has 104 valence electrons. The minimum atomic E-state index is 0.462. The molecule has 0 aromatic heterocycles. The molecular weight excluding hydrogens is 240 g/mol. The third-order valence-electron chi connectivity index (χ3n) is 2.90. The summed E-state index contributed by atoms with van der Waals surface area (Å²) in [5, 5.41) is 8.73. The molecule has 1 aromatic rings. The average Bonchev–Trinajstić information content (AvgIpc) is 2.42. The van der Waals surface area contributed by atoms with Gasteiger partial charge >= 0.3 is 0 Å². The molecule has 4 nitrogen and oxygen atoms in total. The molecule has 0 heterocycles. The zero-order valence-electron chi connectivity index (χ0n) is 11.8. The molecule has 0 radical (unpaired) electrons. The summed E-state index contributed by atoms with van der Waals surface area (Å²) in [6.45, 7) is 4.03. The number of hydrogen-bond donors (Lipinski definition) is 0. The Hall–Kier alpha value is -1.41. The predicted molar refractivity (Wildman–Crippen MR) is 74.8 cm³/mol. The fourth-order valence-corrected chi connectivity index (χ4v) is 1.90. The molecule has 0 N–H and O–H groups in total. The predicted octanol–water partition coefficient (Wildman–Crippen LogP) is 1.85. The number of nitrogens with zero attached hydrogens (tertiary/aromatic N) is 2. The third-order valence-corrected chi connectivity index (χ3v) is 2.90. The maximum atomic E-state index is 8.73. The Labute approximate surface area is 115 Å². The van der Waals surface area contributed by atoms with Gasteiger partial charge in [0.05, 0.1) is 25.7 Å². The van der Waals surface area contributed by atoms with Crippen molar-refractivity contribution in [2.45, 2.75) is 13.0 Å². The molecule has 1 rings (SSSR count). The molecule has 0 bridgehead atoms. The van der Waals surface area contributed by atoms with Crippen molar-refractivity contribution in [3.63, 3.8) is 0 Å². The standard InChI is InChI=1S/C15H22N2O2/c1-18-10-8-17(9-11-19-2)13-15-5-3-4-14(12-15)6-7-16/h3-5,12H,6,8-11,13H2,1-2H3. The summed E-state index contributed by atoms with van der Waals surface area (Å²) in [5.74, 6) is 0. The maximum Gasteiger partial charge on any atom is 0.0669 e. The van der Waals surface area contributed by atoms with Crippen molar-refractivity contribution in [1.29, 1.82) is 5.26 Å². The van der Waals surface area contributed by atoms with E-state index in [1.165, 1.54) is 5.56 Å². The Balaban J connectivity index is 2.60. The maximum absolute atomic E-state index is 8.73. The van der Waals surface area contributed by atoms with E-state index in [-0.39, 0.29) is 0 Å².